The Balaban J connectivity index is 1.98. The zero-order valence-electron chi connectivity index (χ0n) is 13.6. The molecule has 0 saturated carbocycles. The van der Waals surface area contributed by atoms with Crippen molar-refractivity contribution in [1.82, 2.24) is 4.90 Å². The third-order valence-electron chi connectivity index (χ3n) is 4.45. The van der Waals surface area contributed by atoms with E-state index in [0.29, 0.717) is 6.54 Å². The Morgan fingerprint density at radius 2 is 1.54 bits per heavy atom. The van der Waals surface area contributed by atoms with Crippen LogP contribution in [0, 0.1) is 0 Å². The molecule has 0 aliphatic carbocycles. The molecule has 5 heteroatoms. The van der Waals surface area contributed by atoms with Crippen molar-refractivity contribution < 1.29 is 13.2 Å². The van der Waals surface area contributed by atoms with Crippen molar-refractivity contribution in [2.45, 2.75) is 36.0 Å². The molecule has 0 N–H and O–H groups in total. The second kappa shape index (κ2) is 6.77. The highest BCUT2D eigenvalue weighted by Gasteiger charge is 2.55. The number of likely N-dealkylation sites (tertiary alicyclic amines) is 1. The Labute approximate surface area is 143 Å². The number of benzene rings is 2. The van der Waals surface area contributed by atoms with Crippen LogP contribution < -0.4 is 0 Å². The molecule has 2 aromatic rings. The van der Waals surface area contributed by atoms with Gasteiger partial charge in [0.05, 0.1) is 10.9 Å². The van der Waals surface area contributed by atoms with E-state index in [1.54, 1.807) is 35.2 Å². The molecule has 126 valence electrons. The summed E-state index contributed by atoms with van der Waals surface area (Å²) in [5.41, 5.74) is 0.873. The van der Waals surface area contributed by atoms with E-state index in [9.17, 15) is 13.2 Å². The molecule has 0 aromatic heterocycles. The maximum Gasteiger partial charge on any atom is 0.244 e. The Bertz CT molecular complexity index is 803. The van der Waals surface area contributed by atoms with Gasteiger partial charge < -0.3 is 4.90 Å². The zero-order valence-corrected chi connectivity index (χ0v) is 14.4. The lowest BCUT2D eigenvalue weighted by Gasteiger charge is -2.46. The summed E-state index contributed by atoms with van der Waals surface area (Å²) in [5.74, 6) is -0.291. The first-order valence-electron chi connectivity index (χ1n) is 8.21. The number of hydrogen-bond acceptors (Lipinski definition) is 3. The van der Waals surface area contributed by atoms with E-state index in [0.717, 1.165) is 18.4 Å². The molecule has 0 radical (unpaired) electrons. The summed E-state index contributed by atoms with van der Waals surface area (Å²) < 4.78 is 26.0. The second-order valence-corrected chi connectivity index (χ2v) is 8.09. The number of nitrogens with zero attached hydrogens (tertiary/aromatic N) is 1. The summed E-state index contributed by atoms with van der Waals surface area (Å²) in [4.78, 5) is 14.5. The van der Waals surface area contributed by atoms with Gasteiger partial charge in [0.15, 0.2) is 15.1 Å². The first kappa shape index (κ1) is 16.7. The van der Waals surface area contributed by atoms with Crippen LogP contribution in [0.4, 0.5) is 0 Å². The minimum absolute atomic E-state index is 0.208. The van der Waals surface area contributed by atoms with Gasteiger partial charge in [-0.3, -0.25) is 4.79 Å². The third-order valence-corrected chi connectivity index (χ3v) is 6.51. The van der Waals surface area contributed by atoms with Crippen LogP contribution in [0.5, 0.6) is 0 Å². The average molecular weight is 343 g/mol. The fourth-order valence-electron chi connectivity index (χ4n) is 3.16. The summed E-state index contributed by atoms with van der Waals surface area (Å²) in [6.45, 7) is 2.65. The SMILES string of the molecule is CCCCN1C(=O)[C@@H](S(=O)(=O)c2ccccc2)[C@@H]1c1ccccc1. The average Bonchev–Trinajstić information content (AvgIpc) is 2.61. The van der Waals surface area contributed by atoms with Crippen LogP contribution in [-0.2, 0) is 14.6 Å². The number of sulfone groups is 1. The number of carbonyl (C=O) groups is 1. The Hall–Kier alpha value is -2.14. The van der Waals surface area contributed by atoms with Crippen LogP contribution in [0.1, 0.15) is 31.4 Å². The minimum Gasteiger partial charge on any atom is -0.333 e. The number of carbonyl (C=O) groups excluding carboxylic acids is 1. The van der Waals surface area contributed by atoms with Crippen LogP contribution in [0.25, 0.3) is 0 Å². The van der Waals surface area contributed by atoms with E-state index in [2.05, 4.69) is 6.92 Å². The van der Waals surface area contributed by atoms with Crippen molar-refractivity contribution in [2.24, 2.45) is 0 Å². The van der Waals surface area contributed by atoms with Gasteiger partial charge in [0.2, 0.25) is 5.91 Å². The lowest BCUT2D eigenvalue weighted by molar-refractivity contribution is -0.145. The molecular formula is C19H21NO3S. The number of amides is 1. The molecule has 0 unspecified atom stereocenters. The number of β-lactam (4-membered cyclic amide) rings is 1. The molecule has 2 aromatic carbocycles. The van der Waals surface area contributed by atoms with E-state index in [-0.39, 0.29) is 10.8 Å². The molecule has 1 aliphatic rings. The van der Waals surface area contributed by atoms with Crippen molar-refractivity contribution in [1.29, 1.82) is 0 Å². The van der Waals surface area contributed by atoms with E-state index < -0.39 is 21.1 Å². The predicted molar refractivity (Wildman–Crippen MR) is 93.2 cm³/mol. The van der Waals surface area contributed by atoms with Crippen LogP contribution in [0.3, 0.4) is 0 Å². The topological polar surface area (TPSA) is 54.5 Å². The lowest BCUT2D eigenvalue weighted by Crippen LogP contribution is -2.61. The van der Waals surface area contributed by atoms with Crippen LogP contribution in [0.15, 0.2) is 65.6 Å². The molecule has 0 spiro atoms. The van der Waals surface area contributed by atoms with Crippen molar-refractivity contribution >= 4 is 15.7 Å². The highest BCUT2D eigenvalue weighted by Crippen LogP contribution is 2.41. The van der Waals surface area contributed by atoms with Gasteiger partial charge in [0.1, 0.15) is 0 Å². The zero-order chi connectivity index (χ0) is 17.2. The van der Waals surface area contributed by atoms with Gasteiger partial charge >= 0.3 is 0 Å². The fraction of sp³-hybridized carbons (Fsp3) is 0.316. The van der Waals surface area contributed by atoms with Crippen molar-refractivity contribution in [3.63, 3.8) is 0 Å². The molecule has 4 nitrogen and oxygen atoms in total. The third kappa shape index (κ3) is 2.84. The number of hydrogen-bond donors (Lipinski definition) is 0. The molecule has 1 aliphatic heterocycles. The maximum absolute atomic E-state index is 13.0. The van der Waals surface area contributed by atoms with Gasteiger partial charge in [-0.15, -0.1) is 0 Å². The molecular weight excluding hydrogens is 322 g/mol. The van der Waals surface area contributed by atoms with Gasteiger partial charge in [-0.25, -0.2) is 8.42 Å². The molecule has 0 bridgehead atoms. The highest BCUT2D eigenvalue weighted by atomic mass is 32.2. The molecule has 1 saturated heterocycles. The van der Waals surface area contributed by atoms with Crippen molar-refractivity contribution in [3.8, 4) is 0 Å². The summed E-state index contributed by atoms with van der Waals surface area (Å²) in [6, 6.07) is 17.3. The number of unbranched alkanes of at least 4 members (excludes halogenated alkanes) is 1. The minimum atomic E-state index is -3.70. The van der Waals surface area contributed by atoms with Gasteiger partial charge in [-0.2, -0.15) is 0 Å². The van der Waals surface area contributed by atoms with Crippen molar-refractivity contribution in [2.75, 3.05) is 6.54 Å². The molecule has 1 heterocycles. The largest absolute Gasteiger partial charge is 0.333 e. The van der Waals surface area contributed by atoms with Gasteiger partial charge in [0.25, 0.3) is 0 Å². The van der Waals surface area contributed by atoms with Crippen LogP contribution in [0.2, 0.25) is 0 Å². The fourth-order valence-corrected chi connectivity index (χ4v) is 5.03. The first-order valence-corrected chi connectivity index (χ1v) is 9.76. The summed E-state index contributed by atoms with van der Waals surface area (Å²) in [5, 5.41) is -1.03. The highest BCUT2D eigenvalue weighted by molar-refractivity contribution is 7.93. The van der Waals surface area contributed by atoms with E-state index in [4.69, 9.17) is 0 Å². The van der Waals surface area contributed by atoms with Gasteiger partial charge in [-0.1, -0.05) is 61.9 Å². The first-order chi connectivity index (χ1) is 11.6. The van der Waals surface area contributed by atoms with E-state index in [1.807, 2.05) is 30.3 Å². The second-order valence-electron chi connectivity index (χ2n) is 6.02. The summed E-state index contributed by atoms with van der Waals surface area (Å²) in [6.07, 6.45) is 1.83. The van der Waals surface area contributed by atoms with Crippen LogP contribution in [-0.4, -0.2) is 31.0 Å². The monoisotopic (exact) mass is 343 g/mol. The summed E-state index contributed by atoms with van der Waals surface area (Å²) >= 11 is 0. The normalized spacial score (nSPS) is 20.7. The van der Waals surface area contributed by atoms with E-state index >= 15 is 0 Å². The van der Waals surface area contributed by atoms with E-state index in [1.165, 1.54) is 0 Å². The maximum atomic E-state index is 13.0. The van der Waals surface area contributed by atoms with Gasteiger partial charge in [0, 0.05) is 6.54 Å². The standard InChI is InChI=1S/C19H21NO3S/c1-2-3-14-20-17(15-10-6-4-7-11-15)18(19(20)21)24(22,23)16-12-8-5-9-13-16/h4-13,17-18H,2-3,14H2,1H3/t17-,18-/m0/s1. The smallest absolute Gasteiger partial charge is 0.244 e. The Kier molecular flexibility index (Phi) is 4.71. The molecule has 2 atom stereocenters. The lowest BCUT2D eigenvalue weighted by atomic mass is 9.93. The summed E-state index contributed by atoms with van der Waals surface area (Å²) in [7, 11) is -3.70. The molecule has 1 amide bonds. The van der Waals surface area contributed by atoms with Crippen LogP contribution >= 0.6 is 0 Å². The molecule has 3 rings (SSSR count). The predicted octanol–water partition coefficient (Wildman–Crippen LogP) is 3.21. The van der Waals surface area contributed by atoms with Crippen molar-refractivity contribution in [3.05, 3.63) is 66.2 Å². The molecule has 1 fully saturated rings. The molecule has 24 heavy (non-hydrogen) atoms. The quantitative estimate of drug-likeness (QED) is 0.757. The number of rotatable bonds is 6. The van der Waals surface area contributed by atoms with Gasteiger partial charge in [-0.05, 0) is 24.1 Å². The Morgan fingerprint density at radius 3 is 2.12 bits per heavy atom. The Morgan fingerprint density at radius 1 is 0.958 bits per heavy atom.